The summed E-state index contributed by atoms with van der Waals surface area (Å²) in [5.74, 6) is 0.303. The highest BCUT2D eigenvalue weighted by molar-refractivity contribution is 6.17. The minimum Gasteiger partial charge on any atom is -0.255 e. The Bertz CT molecular complexity index is 276. The first-order chi connectivity index (χ1) is 5.65. The number of halogens is 3. The summed E-state index contributed by atoms with van der Waals surface area (Å²) in [4.78, 5) is 3.61. The van der Waals surface area contributed by atoms with Gasteiger partial charge in [-0.05, 0) is 18.1 Å². The summed E-state index contributed by atoms with van der Waals surface area (Å²) < 4.78 is 24.3. The second-order valence-electron chi connectivity index (χ2n) is 2.48. The molecule has 1 heterocycles. The van der Waals surface area contributed by atoms with Crippen molar-refractivity contribution in [2.45, 2.75) is 19.2 Å². The quantitative estimate of drug-likeness (QED) is 0.655. The monoisotopic (exact) mass is 191 g/mol. The van der Waals surface area contributed by atoms with Gasteiger partial charge in [0.25, 0.3) is 6.43 Å². The fourth-order valence-corrected chi connectivity index (χ4v) is 1.09. The molecule has 0 saturated heterocycles. The van der Waals surface area contributed by atoms with Gasteiger partial charge in [-0.1, -0.05) is 6.07 Å². The SMILES string of the molecule is Cc1cc(CCl)cnc1C(F)F. The van der Waals surface area contributed by atoms with Crippen LogP contribution < -0.4 is 0 Å². The number of nitrogens with zero attached hydrogens (tertiary/aromatic N) is 1. The van der Waals surface area contributed by atoms with E-state index in [1.807, 2.05) is 0 Å². The highest BCUT2D eigenvalue weighted by Gasteiger charge is 2.11. The second kappa shape index (κ2) is 3.81. The van der Waals surface area contributed by atoms with E-state index < -0.39 is 6.43 Å². The van der Waals surface area contributed by atoms with Crippen LogP contribution in [0.1, 0.15) is 23.2 Å². The molecule has 0 aliphatic carbocycles. The fourth-order valence-electron chi connectivity index (χ4n) is 0.945. The number of pyridine rings is 1. The number of aryl methyl sites for hydroxylation is 1. The van der Waals surface area contributed by atoms with Crippen LogP contribution in [-0.2, 0) is 5.88 Å². The molecule has 0 aliphatic heterocycles. The molecule has 12 heavy (non-hydrogen) atoms. The van der Waals surface area contributed by atoms with Crippen LogP contribution >= 0.6 is 11.6 Å². The summed E-state index contributed by atoms with van der Waals surface area (Å²) in [6.07, 6.45) is -1.13. The maximum absolute atomic E-state index is 12.2. The van der Waals surface area contributed by atoms with E-state index in [0.29, 0.717) is 11.4 Å². The van der Waals surface area contributed by atoms with E-state index in [1.54, 1.807) is 13.0 Å². The highest BCUT2D eigenvalue weighted by atomic mass is 35.5. The Morgan fingerprint density at radius 2 is 2.25 bits per heavy atom. The van der Waals surface area contributed by atoms with E-state index in [4.69, 9.17) is 11.6 Å². The minimum absolute atomic E-state index is 0.163. The maximum atomic E-state index is 12.2. The molecule has 0 unspecified atom stereocenters. The van der Waals surface area contributed by atoms with Crippen molar-refractivity contribution in [2.75, 3.05) is 0 Å². The molecule has 1 nitrogen and oxygen atoms in total. The Balaban J connectivity index is 3.03. The van der Waals surface area contributed by atoms with Gasteiger partial charge in [-0.3, -0.25) is 4.98 Å². The number of rotatable bonds is 2. The van der Waals surface area contributed by atoms with Gasteiger partial charge in [0.2, 0.25) is 0 Å². The van der Waals surface area contributed by atoms with E-state index in [-0.39, 0.29) is 5.69 Å². The van der Waals surface area contributed by atoms with Crippen LogP contribution in [0, 0.1) is 6.92 Å². The summed E-state index contributed by atoms with van der Waals surface area (Å²) in [6.45, 7) is 1.60. The van der Waals surface area contributed by atoms with Crippen LogP contribution in [0.5, 0.6) is 0 Å². The number of aromatic nitrogens is 1. The molecule has 0 N–H and O–H groups in total. The van der Waals surface area contributed by atoms with E-state index in [9.17, 15) is 8.78 Å². The lowest BCUT2D eigenvalue weighted by Gasteiger charge is -2.04. The smallest absolute Gasteiger partial charge is 0.255 e. The van der Waals surface area contributed by atoms with Gasteiger partial charge in [0.1, 0.15) is 5.69 Å². The molecule has 0 aromatic carbocycles. The largest absolute Gasteiger partial charge is 0.280 e. The molecule has 0 saturated carbocycles. The molecule has 0 radical (unpaired) electrons. The van der Waals surface area contributed by atoms with E-state index >= 15 is 0 Å². The van der Waals surface area contributed by atoms with Gasteiger partial charge in [0.15, 0.2) is 0 Å². The zero-order chi connectivity index (χ0) is 9.14. The summed E-state index contributed by atoms with van der Waals surface area (Å²) in [5.41, 5.74) is 1.09. The van der Waals surface area contributed by atoms with Gasteiger partial charge >= 0.3 is 0 Å². The van der Waals surface area contributed by atoms with Crippen molar-refractivity contribution in [1.82, 2.24) is 4.98 Å². The molecule has 0 bridgehead atoms. The molecule has 0 fully saturated rings. The lowest BCUT2D eigenvalue weighted by Crippen LogP contribution is -1.95. The van der Waals surface area contributed by atoms with Gasteiger partial charge in [0.05, 0.1) is 0 Å². The third-order valence-electron chi connectivity index (χ3n) is 1.54. The zero-order valence-corrected chi connectivity index (χ0v) is 7.28. The molecule has 4 heteroatoms. The Labute approximate surface area is 74.4 Å². The maximum Gasteiger partial charge on any atom is 0.280 e. The first-order valence-corrected chi connectivity index (χ1v) is 3.98. The molecule has 0 aliphatic rings. The number of alkyl halides is 3. The molecular weight excluding hydrogens is 184 g/mol. The van der Waals surface area contributed by atoms with Crippen molar-refractivity contribution in [3.63, 3.8) is 0 Å². The van der Waals surface area contributed by atoms with E-state index in [1.165, 1.54) is 6.20 Å². The lowest BCUT2D eigenvalue weighted by molar-refractivity contribution is 0.145. The Morgan fingerprint density at radius 3 is 2.67 bits per heavy atom. The molecular formula is C8H8ClF2N. The van der Waals surface area contributed by atoms with Gasteiger partial charge in [-0.25, -0.2) is 8.78 Å². The minimum atomic E-state index is -2.51. The topological polar surface area (TPSA) is 12.9 Å². The second-order valence-corrected chi connectivity index (χ2v) is 2.75. The predicted molar refractivity (Wildman–Crippen MR) is 43.5 cm³/mol. The summed E-state index contributed by atoms with van der Waals surface area (Å²) in [7, 11) is 0. The summed E-state index contributed by atoms with van der Waals surface area (Å²) in [6, 6.07) is 1.63. The molecule has 1 rings (SSSR count). The predicted octanol–water partition coefficient (Wildman–Crippen LogP) is 3.07. The standard InChI is InChI=1S/C8H8ClF2N/c1-5-2-6(3-9)4-12-7(5)8(10)11/h2,4,8H,3H2,1H3. The van der Waals surface area contributed by atoms with Crippen LogP contribution in [0.2, 0.25) is 0 Å². The van der Waals surface area contributed by atoms with Crippen molar-refractivity contribution in [3.8, 4) is 0 Å². The van der Waals surface area contributed by atoms with Crippen molar-refractivity contribution in [3.05, 3.63) is 29.1 Å². The number of hydrogen-bond donors (Lipinski definition) is 0. The van der Waals surface area contributed by atoms with Crippen LogP contribution in [0.4, 0.5) is 8.78 Å². The summed E-state index contributed by atoms with van der Waals surface area (Å²) >= 11 is 5.50. The van der Waals surface area contributed by atoms with Crippen LogP contribution in [-0.4, -0.2) is 4.98 Å². The average molecular weight is 192 g/mol. The molecule has 0 spiro atoms. The van der Waals surface area contributed by atoms with Crippen LogP contribution in [0.3, 0.4) is 0 Å². The normalized spacial score (nSPS) is 10.8. The lowest BCUT2D eigenvalue weighted by atomic mass is 10.2. The average Bonchev–Trinajstić information content (AvgIpc) is 2.03. The highest BCUT2D eigenvalue weighted by Crippen LogP contribution is 2.20. The van der Waals surface area contributed by atoms with Crippen molar-refractivity contribution in [2.24, 2.45) is 0 Å². The summed E-state index contributed by atoms with van der Waals surface area (Å²) in [5, 5.41) is 0. The molecule has 66 valence electrons. The van der Waals surface area contributed by atoms with Gasteiger partial charge in [-0.2, -0.15) is 0 Å². The third-order valence-corrected chi connectivity index (χ3v) is 1.84. The van der Waals surface area contributed by atoms with Crippen LogP contribution in [0.15, 0.2) is 12.3 Å². The van der Waals surface area contributed by atoms with Crippen molar-refractivity contribution >= 4 is 11.6 Å². The van der Waals surface area contributed by atoms with Crippen molar-refractivity contribution in [1.29, 1.82) is 0 Å². The third kappa shape index (κ3) is 1.91. The van der Waals surface area contributed by atoms with E-state index in [2.05, 4.69) is 4.98 Å². The van der Waals surface area contributed by atoms with Gasteiger partial charge in [0, 0.05) is 12.1 Å². The van der Waals surface area contributed by atoms with E-state index in [0.717, 1.165) is 5.56 Å². The van der Waals surface area contributed by atoms with Gasteiger partial charge < -0.3 is 0 Å². The fraction of sp³-hybridized carbons (Fsp3) is 0.375. The van der Waals surface area contributed by atoms with Crippen molar-refractivity contribution < 1.29 is 8.78 Å². The zero-order valence-electron chi connectivity index (χ0n) is 6.52. The molecule has 0 amide bonds. The number of hydrogen-bond acceptors (Lipinski definition) is 1. The Morgan fingerprint density at radius 1 is 1.58 bits per heavy atom. The first-order valence-electron chi connectivity index (χ1n) is 3.44. The first kappa shape index (κ1) is 9.39. The van der Waals surface area contributed by atoms with Crippen LogP contribution in [0.25, 0.3) is 0 Å². The Hall–Kier alpha value is -0.700. The Kier molecular flexibility index (Phi) is 2.98. The molecule has 1 aromatic rings. The molecule has 1 aromatic heterocycles. The molecule has 0 atom stereocenters. The van der Waals surface area contributed by atoms with Gasteiger partial charge in [-0.15, -0.1) is 11.6 Å².